The average molecular weight is 579 g/mol. The van der Waals surface area contributed by atoms with E-state index in [1.165, 1.54) is 42.3 Å². The standard InChI is InChI=1S/C27H29Cl2N3O5S/c1-4-25(27(34)30-2)31(17-19-8-12-23(37-3)13-9-19)26(33)18-32(22-7-5-6-21(29)16-22)38(35,36)24-14-10-20(28)11-15-24/h5-16,25H,4,17-18H2,1-3H3,(H,30,34)/t25-/m0/s1. The molecule has 0 saturated carbocycles. The second kappa shape index (κ2) is 13.0. The van der Waals surface area contributed by atoms with Crippen molar-refractivity contribution in [2.75, 3.05) is 25.0 Å². The van der Waals surface area contributed by atoms with Crippen LogP contribution in [0.1, 0.15) is 18.9 Å². The molecule has 0 aromatic heterocycles. The Morgan fingerprint density at radius 2 is 1.63 bits per heavy atom. The second-order valence-electron chi connectivity index (χ2n) is 8.35. The predicted octanol–water partition coefficient (Wildman–Crippen LogP) is 4.75. The van der Waals surface area contributed by atoms with Crippen molar-refractivity contribution in [3.63, 3.8) is 0 Å². The summed E-state index contributed by atoms with van der Waals surface area (Å²) < 4.78 is 33.7. The van der Waals surface area contributed by atoms with Crippen molar-refractivity contribution in [3.8, 4) is 5.75 Å². The Labute approximate surface area is 233 Å². The maximum atomic E-state index is 13.9. The molecule has 0 aliphatic carbocycles. The molecule has 202 valence electrons. The summed E-state index contributed by atoms with van der Waals surface area (Å²) in [5.74, 6) is -0.274. The highest BCUT2D eigenvalue weighted by Gasteiger charge is 2.33. The van der Waals surface area contributed by atoms with Crippen LogP contribution < -0.4 is 14.4 Å². The predicted molar refractivity (Wildman–Crippen MR) is 149 cm³/mol. The third kappa shape index (κ3) is 6.98. The SMILES string of the molecule is CC[C@@H](C(=O)NC)N(Cc1ccc(OC)cc1)C(=O)CN(c1cccc(Cl)c1)S(=O)(=O)c1ccc(Cl)cc1. The molecule has 0 aliphatic rings. The normalized spacial score (nSPS) is 11.9. The van der Waals surface area contributed by atoms with Crippen molar-refractivity contribution in [1.29, 1.82) is 0 Å². The minimum Gasteiger partial charge on any atom is -0.497 e. The van der Waals surface area contributed by atoms with Crippen LogP contribution in [0.3, 0.4) is 0 Å². The Morgan fingerprint density at radius 3 is 2.18 bits per heavy atom. The number of rotatable bonds is 11. The fraction of sp³-hybridized carbons (Fsp3) is 0.259. The zero-order valence-electron chi connectivity index (χ0n) is 21.2. The van der Waals surface area contributed by atoms with Crippen molar-refractivity contribution in [2.45, 2.75) is 30.8 Å². The van der Waals surface area contributed by atoms with E-state index in [9.17, 15) is 18.0 Å². The first-order valence-corrected chi connectivity index (χ1v) is 14.0. The van der Waals surface area contributed by atoms with Gasteiger partial charge in [0.15, 0.2) is 0 Å². The average Bonchev–Trinajstić information content (AvgIpc) is 2.91. The van der Waals surface area contributed by atoms with Gasteiger partial charge in [0.05, 0.1) is 17.7 Å². The number of carbonyl (C=O) groups is 2. The van der Waals surface area contributed by atoms with Crippen LogP contribution in [0.4, 0.5) is 5.69 Å². The lowest BCUT2D eigenvalue weighted by Gasteiger charge is -2.33. The van der Waals surface area contributed by atoms with E-state index in [2.05, 4.69) is 5.32 Å². The number of ether oxygens (including phenoxy) is 1. The third-order valence-electron chi connectivity index (χ3n) is 5.92. The topological polar surface area (TPSA) is 96.0 Å². The Morgan fingerprint density at radius 1 is 0.974 bits per heavy atom. The zero-order valence-corrected chi connectivity index (χ0v) is 23.6. The molecule has 0 bridgehead atoms. The van der Waals surface area contributed by atoms with E-state index in [-0.39, 0.29) is 23.0 Å². The monoisotopic (exact) mass is 577 g/mol. The first-order chi connectivity index (χ1) is 18.1. The number of hydrogen-bond donors (Lipinski definition) is 1. The van der Waals surface area contributed by atoms with Gasteiger partial charge in [0.2, 0.25) is 11.8 Å². The van der Waals surface area contributed by atoms with Crippen LogP contribution in [-0.2, 0) is 26.2 Å². The lowest BCUT2D eigenvalue weighted by Crippen LogP contribution is -2.51. The maximum absolute atomic E-state index is 13.9. The van der Waals surface area contributed by atoms with E-state index in [1.807, 2.05) is 0 Å². The number of likely N-dealkylation sites (N-methyl/N-ethyl adjacent to an activating group) is 1. The van der Waals surface area contributed by atoms with Crippen molar-refractivity contribution < 1.29 is 22.7 Å². The van der Waals surface area contributed by atoms with Gasteiger partial charge < -0.3 is 15.0 Å². The molecule has 0 heterocycles. The molecule has 2 amide bonds. The summed E-state index contributed by atoms with van der Waals surface area (Å²) in [4.78, 5) is 27.9. The van der Waals surface area contributed by atoms with Crippen LogP contribution >= 0.6 is 23.2 Å². The van der Waals surface area contributed by atoms with Gasteiger partial charge in [-0.3, -0.25) is 13.9 Å². The molecule has 0 saturated heterocycles. The molecular formula is C27H29Cl2N3O5S. The molecule has 3 aromatic carbocycles. The van der Waals surface area contributed by atoms with E-state index in [0.717, 1.165) is 9.87 Å². The Hall–Kier alpha value is -3.27. The molecule has 1 atom stereocenters. The second-order valence-corrected chi connectivity index (χ2v) is 11.1. The molecule has 0 spiro atoms. The molecule has 0 fully saturated rings. The van der Waals surface area contributed by atoms with Gasteiger partial charge in [0.25, 0.3) is 10.0 Å². The van der Waals surface area contributed by atoms with Crippen LogP contribution in [-0.4, -0.2) is 51.9 Å². The van der Waals surface area contributed by atoms with E-state index >= 15 is 0 Å². The molecule has 0 radical (unpaired) electrons. The van der Waals surface area contributed by atoms with Crippen molar-refractivity contribution >= 4 is 50.7 Å². The van der Waals surface area contributed by atoms with Crippen LogP contribution in [0, 0.1) is 0 Å². The van der Waals surface area contributed by atoms with Crippen LogP contribution in [0.25, 0.3) is 0 Å². The number of sulfonamides is 1. The van der Waals surface area contributed by atoms with Crippen molar-refractivity contribution in [3.05, 3.63) is 88.4 Å². The largest absolute Gasteiger partial charge is 0.497 e. The van der Waals surface area contributed by atoms with E-state index < -0.39 is 28.5 Å². The molecule has 0 unspecified atom stereocenters. The van der Waals surface area contributed by atoms with Crippen LogP contribution in [0.2, 0.25) is 10.0 Å². The van der Waals surface area contributed by atoms with Gasteiger partial charge in [-0.25, -0.2) is 8.42 Å². The summed E-state index contributed by atoms with van der Waals surface area (Å²) >= 11 is 12.1. The van der Waals surface area contributed by atoms with E-state index in [4.69, 9.17) is 27.9 Å². The fourth-order valence-electron chi connectivity index (χ4n) is 3.91. The Balaban J connectivity index is 2.04. The molecule has 3 aromatic rings. The van der Waals surface area contributed by atoms with Crippen LogP contribution in [0.15, 0.2) is 77.7 Å². The summed E-state index contributed by atoms with van der Waals surface area (Å²) in [6, 6.07) is 18.1. The highest BCUT2D eigenvalue weighted by atomic mass is 35.5. The highest BCUT2D eigenvalue weighted by Crippen LogP contribution is 2.28. The summed E-state index contributed by atoms with van der Waals surface area (Å²) in [6.07, 6.45) is 0.322. The third-order valence-corrected chi connectivity index (χ3v) is 8.20. The number of methoxy groups -OCH3 is 1. The maximum Gasteiger partial charge on any atom is 0.264 e. The van der Waals surface area contributed by atoms with Gasteiger partial charge in [-0.2, -0.15) is 0 Å². The summed E-state index contributed by atoms with van der Waals surface area (Å²) in [5, 5.41) is 3.27. The minimum absolute atomic E-state index is 0.0466. The van der Waals surface area contributed by atoms with Gasteiger partial charge in [-0.1, -0.05) is 48.3 Å². The molecule has 1 N–H and O–H groups in total. The van der Waals surface area contributed by atoms with Gasteiger partial charge in [0.1, 0.15) is 18.3 Å². The molecular weight excluding hydrogens is 549 g/mol. The Bertz CT molecular complexity index is 1370. The number of hydrogen-bond acceptors (Lipinski definition) is 5. The van der Waals surface area contributed by atoms with Crippen LogP contribution in [0.5, 0.6) is 5.75 Å². The quantitative estimate of drug-likeness (QED) is 0.354. The summed E-state index contributed by atoms with van der Waals surface area (Å²) in [5.41, 5.74) is 0.953. The number of nitrogens with one attached hydrogen (secondary N) is 1. The fourth-order valence-corrected chi connectivity index (χ4v) is 5.62. The number of halogens is 2. The van der Waals surface area contributed by atoms with E-state index in [0.29, 0.717) is 22.2 Å². The van der Waals surface area contributed by atoms with Gasteiger partial charge in [0, 0.05) is 23.6 Å². The first-order valence-electron chi connectivity index (χ1n) is 11.8. The smallest absolute Gasteiger partial charge is 0.264 e. The lowest BCUT2D eigenvalue weighted by atomic mass is 10.1. The lowest BCUT2D eigenvalue weighted by molar-refractivity contribution is -0.140. The molecule has 8 nitrogen and oxygen atoms in total. The number of amides is 2. The molecule has 38 heavy (non-hydrogen) atoms. The molecule has 11 heteroatoms. The first kappa shape index (κ1) is 29.3. The van der Waals surface area contributed by atoms with Gasteiger partial charge in [-0.05, 0) is 66.6 Å². The van der Waals surface area contributed by atoms with Crippen molar-refractivity contribution in [2.24, 2.45) is 0 Å². The zero-order chi connectivity index (χ0) is 27.9. The molecule has 3 rings (SSSR count). The highest BCUT2D eigenvalue weighted by molar-refractivity contribution is 7.92. The number of nitrogens with zero attached hydrogens (tertiary/aromatic N) is 2. The number of benzene rings is 3. The number of anilines is 1. The Kier molecular flexibility index (Phi) is 10.0. The number of carbonyl (C=O) groups excluding carboxylic acids is 2. The molecule has 0 aliphatic heterocycles. The summed E-state index contributed by atoms with van der Waals surface area (Å²) in [6.45, 7) is 1.31. The van der Waals surface area contributed by atoms with Gasteiger partial charge in [-0.15, -0.1) is 0 Å². The van der Waals surface area contributed by atoms with Crippen molar-refractivity contribution in [1.82, 2.24) is 10.2 Å². The van der Waals surface area contributed by atoms with Gasteiger partial charge >= 0.3 is 0 Å². The van der Waals surface area contributed by atoms with E-state index in [1.54, 1.807) is 56.5 Å². The summed E-state index contributed by atoms with van der Waals surface area (Å²) in [7, 11) is -1.16. The minimum atomic E-state index is -4.20.